The zero-order valence-corrected chi connectivity index (χ0v) is 12.4. The molecule has 1 aliphatic rings. The van der Waals surface area contributed by atoms with Crippen molar-refractivity contribution >= 4 is 16.3 Å². The fourth-order valence-electron chi connectivity index (χ4n) is 2.08. The standard InChI is InChI=1S/C11H23N3O4S/c1-4-9-7-14(6-5-10(9)12)19(16,17)13-11(15)18-8(2)3/h8-10H,4-7,12H2,1-3H3,(H,13,15). The highest BCUT2D eigenvalue weighted by Gasteiger charge is 2.33. The first-order valence-corrected chi connectivity index (χ1v) is 7.94. The van der Waals surface area contributed by atoms with Gasteiger partial charge in [-0.15, -0.1) is 0 Å². The largest absolute Gasteiger partial charge is 0.446 e. The molecule has 8 heteroatoms. The van der Waals surface area contributed by atoms with Gasteiger partial charge in [-0.25, -0.2) is 9.52 Å². The minimum absolute atomic E-state index is 0.0130. The highest BCUT2D eigenvalue weighted by Crippen LogP contribution is 2.20. The van der Waals surface area contributed by atoms with E-state index >= 15 is 0 Å². The minimum atomic E-state index is -3.84. The third-order valence-electron chi connectivity index (χ3n) is 3.17. The number of rotatable bonds is 4. The van der Waals surface area contributed by atoms with Crippen LogP contribution in [0, 0.1) is 5.92 Å². The smallest absolute Gasteiger partial charge is 0.422 e. The SMILES string of the molecule is CCC1CN(S(=O)(=O)NC(=O)OC(C)C)CCC1N. The third-order valence-corrected chi connectivity index (χ3v) is 4.61. The highest BCUT2D eigenvalue weighted by molar-refractivity contribution is 7.87. The molecule has 0 spiro atoms. The van der Waals surface area contributed by atoms with Crippen LogP contribution >= 0.6 is 0 Å². The Morgan fingerprint density at radius 2 is 2.16 bits per heavy atom. The summed E-state index contributed by atoms with van der Waals surface area (Å²) in [6.07, 6.45) is 0.0914. The van der Waals surface area contributed by atoms with Crippen LogP contribution in [-0.2, 0) is 14.9 Å². The molecule has 1 saturated heterocycles. The van der Waals surface area contributed by atoms with Crippen LogP contribution in [0.15, 0.2) is 0 Å². The minimum Gasteiger partial charge on any atom is -0.446 e. The summed E-state index contributed by atoms with van der Waals surface area (Å²) in [6, 6.07) is 0.0130. The fraction of sp³-hybridized carbons (Fsp3) is 0.909. The van der Waals surface area contributed by atoms with Crippen molar-refractivity contribution in [2.24, 2.45) is 11.7 Å². The van der Waals surface area contributed by atoms with E-state index in [2.05, 4.69) is 0 Å². The predicted octanol–water partition coefficient (Wildman–Crippen LogP) is 0.425. The predicted molar refractivity (Wildman–Crippen MR) is 71.6 cm³/mol. The molecule has 7 nitrogen and oxygen atoms in total. The van der Waals surface area contributed by atoms with Gasteiger partial charge < -0.3 is 10.5 Å². The van der Waals surface area contributed by atoms with Gasteiger partial charge in [-0.3, -0.25) is 0 Å². The summed E-state index contributed by atoms with van der Waals surface area (Å²) in [6.45, 7) is 5.93. The average molecular weight is 293 g/mol. The second-order valence-corrected chi connectivity index (χ2v) is 6.71. The van der Waals surface area contributed by atoms with Gasteiger partial charge in [-0.1, -0.05) is 13.3 Å². The van der Waals surface area contributed by atoms with Crippen LogP contribution in [0.1, 0.15) is 33.6 Å². The first kappa shape index (κ1) is 16.2. The van der Waals surface area contributed by atoms with E-state index < -0.39 is 16.3 Å². The number of hydrogen-bond donors (Lipinski definition) is 2. The normalized spacial score (nSPS) is 25.3. The number of piperidine rings is 1. The monoisotopic (exact) mass is 293 g/mol. The fourth-order valence-corrected chi connectivity index (χ4v) is 3.20. The van der Waals surface area contributed by atoms with Crippen LogP contribution in [0.5, 0.6) is 0 Å². The molecule has 1 rings (SSSR count). The number of carbonyl (C=O) groups excluding carboxylic acids is 1. The van der Waals surface area contributed by atoms with Gasteiger partial charge in [0.2, 0.25) is 0 Å². The van der Waals surface area contributed by atoms with Gasteiger partial charge in [-0.2, -0.15) is 12.7 Å². The van der Waals surface area contributed by atoms with Gasteiger partial charge in [0.05, 0.1) is 6.10 Å². The molecule has 0 radical (unpaired) electrons. The Bertz CT molecular complexity index is 410. The molecule has 1 amide bonds. The number of ether oxygens (including phenoxy) is 1. The van der Waals surface area contributed by atoms with Crippen LogP contribution in [0.25, 0.3) is 0 Å². The topological polar surface area (TPSA) is 102 Å². The van der Waals surface area contributed by atoms with Crippen LogP contribution in [0.3, 0.4) is 0 Å². The summed E-state index contributed by atoms with van der Waals surface area (Å²) in [5.74, 6) is 0.117. The molecule has 112 valence electrons. The quantitative estimate of drug-likeness (QED) is 0.782. The molecule has 1 heterocycles. The number of nitrogens with zero attached hydrogens (tertiary/aromatic N) is 1. The molecule has 1 fully saturated rings. The van der Waals surface area contributed by atoms with Crippen molar-refractivity contribution in [2.45, 2.75) is 45.8 Å². The molecule has 0 aromatic rings. The van der Waals surface area contributed by atoms with Crippen molar-refractivity contribution < 1.29 is 17.9 Å². The van der Waals surface area contributed by atoms with Crippen molar-refractivity contribution in [3.63, 3.8) is 0 Å². The van der Waals surface area contributed by atoms with E-state index in [0.29, 0.717) is 19.5 Å². The Hall–Kier alpha value is -0.860. The van der Waals surface area contributed by atoms with E-state index in [4.69, 9.17) is 10.5 Å². The van der Waals surface area contributed by atoms with Crippen molar-refractivity contribution in [1.82, 2.24) is 9.03 Å². The number of hydrogen-bond acceptors (Lipinski definition) is 5. The van der Waals surface area contributed by atoms with E-state index in [-0.39, 0.29) is 18.1 Å². The number of carbonyl (C=O) groups is 1. The summed E-state index contributed by atoms with van der Waals surface area (Å²) < 4.78 is 32.0. The molecule has 0 saturated carbocycles. The molecular weight excluding hydrogens is 270 g/mol. The van der Waals surface area contributed by atoms with Gasteiger partial charge in [-0.05, 0) is 26.2 Å². The Balaban J connectivity index is 2.65. The van der Waals surface area contributed by atoms with Crippen LogP contribution in [-0.4, -0.2) is 44.1 Å². The summed E-state index contributed by atoms with van der Waals surface area (Å²) in [5.41, 5.74) is 5.93. The van der Waals surface area contributed by atoms with Crippen LogP contribution in [0.2, 0.25) is 0 Å². The Kier molecular flexibility index (Phi) is 5.57. The molecular formula is C11H23N3O4S. The first-order chi connectivity index (χ1) is 8.76. The first-order valence-electron chi connectivity index (χ1n) is 6.50. The van der Waals surface area contributed by atoms with Crippen LogP contribution in [0.4, 0.5) is 4.79 Å². The molecule has 2 atom stereocenters. The molecule has 19 heavy (non-hydrogen) atoms. The molecule has 0 aromatic carbocycles. The maximum absolute atomic E-state index is 12.0. The third kappa shape index (κ3) is 4.63. The summed E-state index contributed by atoms with van der Waals surface area (Å²) in [5, 5.41) is 0. The number of nitrogens with two attached hydrogens (primary N) is 1. The van der Waals surface area contributed by atoms with Crippen molar-refractivity contribution in [3.05, 3.63) is 0 Å². The number of amides is 1. The lowest BCUT2D eigenvalue weighted by atomic mass is 9.92. The van der Waals surface area contributed by atoms with E-state index in [9.17, 15) is 13.2 Å². The summed E-state index contributed by atoms with van der Waals surface area (Å²) >= 11 is 0. The summed E-state index contributed by atoms with van der Waals surface area (Å²) in [4.78, 5) is 11.4. The van der Waals surface area contributed by atoms with Gasteiger partial charge in [0.1, 0.15) is 0 Å². The molecule has 3 N–H and O–H groups in total. The molecule has 0 bridgehead atoms. The lowest BCUT2D eigenvalue weighted by Crippen LogP contribution is -2.53. The van der Waals surface area contributed by atoms with Crippen molar-refractivity contribution in [1.29, 1.82) is 0 Å². The van der Waals surface area contributed by atoms with Crippen LogP contribution < -0.4 is 10.5 Å². The van der Waals surface area contributed by atoms with Crippen molar-refractivity contribution in [2.75, 3.05) is 13.1 Å². The molecule has 2 unspecified atom stereocenters. The lowest BCUT2D eigenvalue weighted by Gasteiger charge is -2.35. The Morgan fingerprint density at radius 3 is 2.68 bits per heavy atom. The van der Waals surface area contributed by atoms with Gasteiger partial charge >= 0.3 is 16.3 Å². The van der Waals surface area contributed by atoms with E-state index in [1.807, 2.05) is 11.6 Å². The molecule has 0 aliphatic carbocycles. The average Bonchev–Trinajstić information content (AvgIpc) is 2.27. The zero-order valence-electron chi connectivity index (χ0n) is 11.6. The Labute approximate surface area is 114 Å². The van der Waals surface area contributed by atoms with Gasteiger partial charge in [0.25, 0.3) is 0 Å². The zero-order chi connectivity index (χ0) is 14.6. The van der Waals surface area contributed by atoms with Crippen molar-refractivity contribution in [3.8, 4) is 0 Å². The van der Waals surface area contributed by atoms with E-state index in [1.54, 1.807) is 13.8 Å². The Morgan fingerprint density at radius 1 is 1.53 bits per heavy atom. The molecule has 1 aliphatic heterocycles. The highest BCUT2D eigenvalue weighted by atomic mass is 32.2. The summed E-state index contributed by atoms with van der Waals surface area (Å²) in [7, 11) is -3.84. The molecule has 0 aromatic heterocycles. The second kappa shape index (κ2) is 6.53. The van der Waals surface area contributed by atoms with E-state index in [1.165, 1.54) is 4.31 Å². The van der Waals surface area contributed by atoms with Gasteiger partial charge in [0.15, 0.2) is 0 Å². The van der Waals surface area contributed by atoms with E-state index in [0.717, 1.165) is 6.42 Å². The lowest BCUT2D eigenvalue weighted by molar-refractivity contribution is 0.120. The second-order valence-electron chi connectivity index (χ2n) is 5.04. The van der Waals surface area contributed by atoms with Gasteiger partial charge in [0, 0.05) is 19.1 Å². The number of nitrogens with one attached hydrogen (secondary N) is 1. The maximum Gasteiger partial charge on any atom is 0.422 e. The maximum atomic E-state index is 12.0.